The summed E-state index contributed by atoms with van der Waals surface area (Å²) in [5.41, 5.74) is 0. The molecule has 0 heterocycles. The molecule has 4 heteroatoms. The van der Waals surface area contributed by atoms with Crippen LogP contribution in [0, 0.1) is 0 Å². The van der Waals surface area contributed by atoms with Crippen LogP contribution in [0.15, 0.2) is 0 Å². The predicted molar refractivity (Wildman–Crippen MR) is 17.9 cm³/mol. The molecule has 0 aromatic rings. The van der Waals surface area contributed by atoms with Crippen molar-refractivity contribution >= 4 is 85.1 Å². The molecule has 0 aliphatic carbocycles. The van der Waals surface area contributed by atoms with E-state index in [1.165, 1.54) is 0 Å². The minimum atomic E-state index is 0. The molecule has 0 aromatic heterocycles. The van der Waals surface area contributed by atoms with Crippen molar-refractivity contribution in [1.29, 1.82) is 0 Å². The van der Waals surface area contributed by atoms with Gasteiger partial charge in [0, 0.05) is 68.7 Å². The van der Waals surface area contributed by atoms with Gasteiger partial charge >= 0.3 is 20.2 Å². The van der Waals surface area contributed by atoms with Crippen molar-refractivity contribution < 1.29 is 3.78 Å². The molecule has 0 atom stereocenters. The number of hydrogen-bond donors (Lipinski definition) is 0. The molecule has 0 N–H and O–H groups in total. The molecule has 0 rings (SSSR count). The molecule has 1 nitrogen and oxygen atoms in total. The zero-order chi connectivity index (χ0) is 2.00. The Labute approximate surface area is 86.9 Å². The number of hydrogen-bond acceptors (Lipinski definition) is 1. The van der Waals surface area contributed by atoms with Crippen LogP contribution < -0.4 is 0 Å². The van der Waals surface area contributed by atoms with E-state index in [0.717, 1.165) is 16.5 Å². The van der Waals surface area contributed by atoms with Gasteiger partial charge in [0.25, 0.3) is 0 Å². The summed E-state index contributed by atoms with van der Waals surface area (Å²) in [5.74, 6) is 0. The fraction of sp³-hybridized carbons (Fsp3) is 0. The fourth-order valence-electron chi connectivity index (χ4n) is 0. The summed E-state index contributed by atoms with van der Waals surface area (Å²) in [5, 5.41) is 0. The van der Waals surface area contributed by atoms with Crippen LogP contribution in [0.25, 0.3) is 0 Å². The van der Waals surface area contributed by atoms with Gasteiger partial charge < -0.3 is 0 Å². The fourth-order valence-corrected chi connectivity index (χ4v) is 0. The van der Waals surface area contributed by atoms with Crippen LogP contribution in [0.3, 0.4) is 0 Å². The minimum absolute atomic E-state index is 0. The predicted octanol–water partition coefficient (Wildman–Crippen LogP) is -1.26. The van der Waals surface area contributed by atoms with Gasteiger partial charge in [0.2, 0.25) is 0 Å². The summed E-state index contributed by atoms with van der Waals surface area (Å²) in [6.45, 7) is 0. The van der Waals surface area contributed by atoms with Crippen LogP contribution in [0.1, 0.15) is 0 Å². The average molecular weight is 296 g/mol. The Morgan fingerprint density at radius 1 is 1.25 bits per heavy atom. The van der Waals surface area contributed by atoms with E-state index in [2.05, 4.69) is 0 Å². The maximum absolute atomic E-state index is 8.25. The van der Waals surface area contributed by atoms with Crippen molar-refractivity contribution in [3.05, 3.63) is 0 Å². The van der Waals surface area contributed by atoms with E-state index in [9.17, 15) is 0 Å². The maximum atomic E-state index is 8.25. The van der Waals surface area contributed by atoms with E-state index in [0.29, 0.717) is 0 Å². The van der Waals surface area contributed by atoms with Crippen LogP contribution in [-0.4, -0.2) is 85.1 Å². The van der Waals surface area contributed by atoms with Gasteiger partial charge in [0.1, 0.15) is 0 Å². The summed E-state index contributed by atoms with van der Waals surface area (Å²) < 4.78 is 8.25. The summed E-state index contributed by atoms with van der Waals surface area (Å²) in [6.07, 6.45) is 0. The van der Waals surface area contributed by atoms with E-state index in [4.69, 9.17) is 3.78 Å². The molecule has 0 aliphatic heterocycles. The van der Waals surface area contributed by atoms with E-state index in [-0.39, 0.29) is 68.7 Å². The van der Waals surface area contributed by atoms with Gasteiger partial charge in [-0.1, -0.05) is 0 Å². The van der Waals surface area contributed by atoms with Gasteiger partial charge in [0.05, 0.1) is 0 Å². The summed E-state index contributed by atoms with van der Waals surface area (Å²) >= 11 is 0.750. The first-order valence-electron chi connectivity index (χ1n) is 0.204. The first-order valence-corrected chi connectivity index (χ1v) is 1.06. The summed E-state index contributed by atoms with van der Waals surface area (Å²) in [7, 11) is 0. The first kappa shape index (κ1) is 16.0. The molecule has 0 saturated heterocycles. The van der Waals surface area contributed by atoms with Crippen molar-refractivity contribution in [3.63, 3.8) is 0 Å². The molecule has 0 spiro atoms. The molecule has 0 bridgehead atoms. The third-order valence-electron chi connectivity index (χ3n) is 0. The SMILES string of the molecule is [Ba].[Ga].[O]=[Ge]. The molecule has 0 aliphatic rings. The molecular weight excluding hydrogens is 296 g/mol. The molecule has 0 aromatic carbocycles. The Bertz CT molecular complexity index is 8.00. The molecule has 4 heavy (non-hydrogen) atoms. The third kappa shape index (κ3) is 8.82. The van der Waals surface area contributed by atoms with Gasteiger partial charge in [-0.05, 0) is 0 Å². The molecule has 0 saturated carbocycles. The summed E-state index contributed by atoms with van der Waals surface area (Å²) in [6, 6.07) is 0. The molecule has 0 unspecified atom stereocenters. The Morgan fingerprint density at radius 3 is 1.25 bits per heavy atom. The van der Waals surface area contributed by atoms with Crippen LogP contribution in [0.5, 0.6) is 0 Å². The van der Waals surface area contributed by atoms with Crippen LogP contribution in [-0.2, 0) is 3.78 Å². The quantitative estimate of drug-likeness (QED) is 0.510. The molecular formula is BaGaGeO. The second-order valence-electron chi connectivity index (χ2n) is 0. The van der Waals surface area contributed by atoms with Crippen LogP contribution in [0.4, 0.5) is 0 Å². The second-order valence-corrected chi connectivity index (χ2v) is 0. The molecule has 7 radical (unpaired) electrons. The van der Waals surface area contributed by atoms with Crippen molar-refractivity contribution in [2.75, 3.05) is 0 Å². The standard InChI is InChI=1S/Ba.Ga.GeO/c;;1-2. The van der Waals surface area contributed by atoms with E-state index in [1.807, 2.05) is 0 Å². The van der Waals surface area contributed by atoms with E-state index < -0.39 is 0 Å². The Hall–Kier alpha value is 2.55. The Kier molecular flexibility index (Phi) is 70.7. The van der Waals surface area contributed by atoms with Gasteiger partial charge in [-0.2, -0.15) is 0 Å². The average Bonchev–Trinajstić information content (AvgIpc) is 1.00. The summed E-state index contributed by atoms with van der Waals surface area (Å²) in [4.78, 5) is 0. The normalized spacial score (nSPS) is 1.00. The van der Waals surface area contributed by atoms with E-state index in [1.54, 1.807) is 0 Å². The monoisotopic (exact) mass is 297 g/mol. The van der Waals surface area contributed by atoms with E-state index >= 15 is 0 Å². The topological polar surface area (TPSA) is 17.1 Å². The Balaban J connectivity index is -0.00000000500. The zero-order valence-corrected chi connectivity index (χ0v) is 11.2. The van der Waals surface area contributed by atoms with Gasteiger partial charge in [-0.15, -0.1) is 0 Å². The van der Waals surface area contributed by atoms with Crippen molar-refractivity contribution in [2.45, 2.75) is 0 Å². The van der Waals surface area contributed by atoms with Crippen LogP contribution >= 0.6 is 0 Å². The molecule has 0 amide bonds. The third-order valence-corrected chi connectivity index (χ3v) is 0. The van der Waals surface area contributed by atoms with Gasteiger partial charge in [0.15, 0.2) is 0 Å². The van der Waals surface area contributed by atoms with Crippen molar-refractivity contribution in [3.8, 4) is 0 Å². The zero-order valence-electron chi connectivity index (χ0n) is 2.19. The molecule has 0 fully saturated rings. The van der Waals surface area contributed by atoms with Crippen molar-refractivity contribution in [1.82, 2.24) is 0 Å². The number of rotatable bonds is 0. The van der Waals surface area contributed by atoms with Gasteiger partial charge in [-0.3, -0.25) is 0 Å². The first-order chi connectivity index (χ1) is 1.00. The Morgan fingerprint density at radius 2 is 1.25 bits per heavy atom. The van der Waals surface area contributed by atoms with Crippen LogP contribution in [0.2, 0.25) is 0 Å². The van der Waals surface area contributed by atoms with Crippen molar-refractivity contribution in [2.24, 2.45) is 0 Å². The second kappa shape index (κ2) is 17.7. The molecule has 15 valence electrons. The van der Waals surface area contributed by atoms with Gasteiger partial charge in [-0.25, -0.2) is 0 Å².